The first-order valence-corrected chi connectivity index (χ1v) is 16.6. The Hall–Kier alpha value is -4.17. The Bertz CT molecular complexity index is 2020. The number of hydrogen-bond acceptors (Lipinski definition) is 9. The summed E-state index contributed by atoms with van der Waals surface area (Å²) in [5.74, 6) is -0.425. The number of esters is 2. The highest BCUT2D eigenvalue weighted by Gasteiger charge is 2.34. The number of fused-ring (bicyclic) bond motifs is 1. The summed E-state index contributed by atoms with van der Waals surface area (Å²) >= 11 is 3.55. The monoisotopic (exact) mass is 755 g/mol. The Labute approximate surface area is 283 Å². The van der Waals surface area contributed by atoms with Crippen molar-refractivity contribution in [3.05, 3.63) is 106 Å². The second-order valence-electron chi connectivity index (χ2n) is 10.4. The minimum atomic E-state index is -0.842. The molecule has 5 rings (SSSR count). The molecular formula is C34H34IN3O7S. The first-order chi connectivity index (χ1) is 22.1. The molecule has 2 aromatic carbocycles. The van der Waals surface area contributed by atoms with E-state index in [1.807, 2.05) is 26.8 Å². The molecule has 0 N–H and O–H groups in total. The van der Waals surface area contributed by atoms with E-state index < -0.39 is 18.0 Å². The van der Waals surface area contributed by atoms with E-state index in [4.69, 9.17) is 23.9 Å². The lowest BCUT2D eigenvalue weighted by Crippen LogP contribution is -2.40. The number of aromatic nitrogens is 2. The van der Waals surface area contributed by atoms with Crippen LogP contribution in [0.25, 0.3) is 11.8 Å². The fourth-order valence-electron chi connectivity index (χ4n) is 5.45. The molecule has 0 unspecified atom stereocenters. The fraction of sp³-hybridized carbons (Fsp3) is 0.294. The van der Waals surface area contributed by atoms with Crippen molar-refractivity contribution >= 4 is 51.9 Å². The zero-order valence-corrected chi connectivity index (χ0v) is 29.4. The van der Waals surface area contributed by atoms with Crippen molar-refractivity contribution in [1.29, 1.82) is 0 Å². The molecule has 0 saturated carbocycles. The normalized spacial score (nSPS) is 14.5. The van der Waals surface area contributed by atoms with E-state index in [-0.39, 0.29) is 24.3 Å². The Morgan fingerprint density at radius 3 is 2.41 bits per heavy atom. The van der Waals surface area contributed by atoms with E-state index in [0.29, 0.717) is 38.7 Å². The molecule has 1 aliphatic rings. The average molecular weight is 756 g/mol. The maximum atomic E-state index is 14.2. The van der Waals surface area contributed by atoms with Crippen LogP contribution in [0.4, 0.5) is 0 Å². The molecule has 1 atom stereocenters. The molecule has 2 aromatic heterocycles. The van der Waals surface area contributed by atoms with Gasteiger partial charge >= 0.3 is 11.9 Å². The Morgan fingerprint density at radius 2 is 1.74 bits per heavy atom. The van der Waals surface area contributed by atoms with Crippen molar-refractivity contribution in [2.24, 2.45) is 4.99 Å². The van der Waals surface area contributed by atoms with Gasteiger partial charge in [0.2, 0.25) is 0 Å². The van der Waals surface area contributed by atoms with Crippen LogP contribution < -0.4 is 24.4 Å². The Kier molecular flexibility index (Phi) is 10.2. The number of allylic oxidation sites excluding steroid dienone is 1. The number of carbonyl (C=O) groups excluding carboxylic acids is 2. The summed E-state index contributed by atoms with van der Waals surface area (Å²) < 4.78 is 26.9. The summed E-state index contributed by atoms with van der Waals surface area (Å²) in [5.41, 5.74) is 4.99. The first-order valence-electron chi connectivity index (χ1n) is 14.7. The second-order valence-corrected chi connectivity index (χ2v) is 12.7. The van der Waals surface area contributed by atoms with Gasteiger partial charge < -0.3 is 23.5 Å². The summed E-state index contributed by atoms with van der Waals surface area (Å²) in [6, 6.07) is 14.6. The number of methoxy groups -OCH3 is 1. The van der Waals surface area contributed by atoms with Crippen molar-refractivity contribution in [1.82, 2.24) is 9.13 Å². The summed E-state index contributed by atoms with van der Waals surface area (Å²) in [6.07, 6.45) is 1.88. The quantitative estimate of drug-likeness (QED) is 0.170. The maximum Gasteiger partial charge on any atom is 0.343 e. The third kappa shape index (κ3) is 6.54. The average Bonchev–Trinajstić information content (AvgIpc) is 3.49. The number of halogens is 1. The topological polar surface area (TPSA) is 110 Å². The van der Waals surface area contributed by atoms with Crippen LogP contribution >= 0.6 is 33.9 Å². The number of hydrogen-bond donors (Lipinski definition) is 0. The van der Waals surface area contributed by atoms with Crippen molar-refractivity contribution in [2.75, 3.05) is 26.9 Å². The maximum absolute atomic E-state index is 14.2. The molecule has 0 fully saturated rings. The predicted molar refractivity (Wildman–Crippen MR) is 183 cm³/mol. The zero-order chi connectivity index (χ0) is 33.1. The summed E-state index contributed by atoms with van der Waals surface area (Å²) in [5, 5.41) is 0. The summed E-state index contributed by atoms with van der Waals surface area (Å²) in [6.45, 7) is 9.53. The number of ether oxygens (including phenoxy) is 4. The van der Waals surface area contributed by atoms with E-state index in [1.165, 1.54) is 23.0 Å². The van der Waals surface area contributed by atoms with E-state index >= 15 is 0 Å². The first kappa shape index (κ1) is 33.2. The van der Waals surface area contributed by atoms with Gasteiger partial charge in [-0.2, -0.15) is 0 Å². The van der Waals surface area contributed by atoms with Crippen LogP contribution in [0.2, 0.25) is 0 Å². The zero-order valence-electron chi connectivity index (χ0n) is 26.4. The Balaban J connectivity index is 1.66. The van der Waals surface area contributed by atoms with E-state index in [0.717, 1.165) is 26.2 Å². The van der Waals surface area contributed by atoms with Gasteiger partial charge in [-0.1, -0.05) is 17.4 Å². The van der Waals surface area contributed by atoms with Crippen LogP contribution in [-0.2, 0) is 19.1 Å². The smallest absolute Gasteiger partial charge is 0.343 e. The summed E-state index contributed by atoms with van der Waals surface area (Å²) in [7, 11) is 1.28. The summed E-state index contributed by atoms with van der Waals surface area (Å²) in [4.78, 5) is 44.5. The van der Waals surface area contributed by atoms with E-state index in [9.17, 15) is 14.4 Å². The molecule has 0 spiro atoms. The highest BCUT2D eigenvalue weighted by molar-refractivity contribution is 14.1. The molecule has 0 saturated heterocycles. The highest BCUT2D eigenvalue weighted by atomic mass is 127. The number of nitrogens with zero attached hydrogens (tertiary/aromatic N) is 3. The molecule has 0 bridgehead atoms. The second kappa shape index (κ2) is 14.1. The minimum Gasteiger partial charge on any atom is -0.490 e. The molecule has 0 radical (unpaired) electrons. The molecule has 0 amide bonds. The Morgan fingerprint density at radius 1 is 1.00 bits per heavy atom. The van der Waals surface area contributed by atoms with Gasteiger partial charge in [-0.3, -0.25) is 9.36 Å². The van der Waals surface area contributed by atoms with Gasteiger partial charge in [-0.25, -0.2) is 14.6 Å². The molecule has 240 valence electrons. The van der Waals surface area contributed by atoms with Crippen LogP contribution in [0.5, 0.6) is 11.5 Å². The van der Waals surface area contributed by atoms with E-state index in [1.54, 1.807) is 32.0 Å². The van der Waals surface area contributed by atoms with Gasteiger partial charge in [0.15, 0.2) is 22.9 Å². The van der Waals surface area contributed by atoms with E-state index in [2.05, 4.69) is 57.5 Å². The molecule has 4 aromatic rings. The molecule has 0 aliphatic carbocycles. The van der Waals surface area contributed by atoms with Gasteiger partial charge in [0.1, 0.15) is 0 Å². The largest absolute Gasteiger partial charge is 0.490 e. The van der Waals surface area contributed by atoms with Gasteiger partial charge in [-0.05, 0) is 117 Å². The number of aryl methyl sites for hydroxylation is 1. The fourth-order valence-corrected chi connectivity index (χ4v) is 6.84. The van der Waals surface area contributed by atoms with Crippen LogP contribution in [-0.4, -0.2) is 48.0 Å². The van der Waals surface area contributed by atoms with Crippen molar-refractivity contribution in [2.45, 2.75) is 40.7 Å². The van der Waals surface area contributed by atoms with Crippen LogP contribution in [0.1, 0.15) is 49.3 Å². The van der Waals surface area contributed by atoms with Gasteiger partial charge in [0.05, 0.1) is 42.2 Å². The van der Waals surface area contributed by atoms with Crippen molar-refractivity contribution in [3.8, 4) is 17.2 Å². The highest BCUT2D eigenvalue weighted by Crippen LogP contribution is 2.36. The molecular weight excluding hydrogens is 721 g/mol. The molecule has 10 nitrogen and oxygen atoms in total. The number of thiazole rings is 1. The molecule has 1 aliphatic heterocycles. The number of benzene rings is 2. The third-order valence-electron chi connectivity index (χ3n) is 7.52. The molecule has 46 heavy (non-hydrogen) atoms. The molecule has 3 heterocycles. The minimum absolute atomic E-state index is 0.160. The molecule has 12 heteroatoms. The lowest BCUT2D eigenvalue weighted by atomic mass is 9.95. The standard InChI is InChI=1S/C34H34IN3O7S/c1-7-43-27-16-22(9-14-26(27)45-18-29(39)42-6)31-30(33(41)44-8-2)20(4)36-34-38(31)32(40)28(46-34)17-23-15-19(3)37(21(23)5)25-12-10-24(35)11-13-25/h9-17,31H,7-8,18H2,1-6H3/b28-17+/t31-/m1/s1. The van der Waals surface area contributed by atoms with Crippen LogP contribution in [0, 0.1) is 17.4 Å². The lowest BCUT2D eigenvalue weighted by molar-refractivity contribution is -0.143. The predicted octanol–water partition coefficient (Wildman–Crippen LogP) is 4.76. The number of rotatable bonds is 10. The number of carbonyl (C=O) groups is 2. The van der Waals surface area contributed by atoms with Crippen LogP contribution in [0.3, 0.4) is 0 Å². The third-order valence-corrected chi connectivity index (χ3v) is 9.22. The van der Waals surface area contributed by atoms with Crippen molar-refractivity contribution < 1.29 is 28.5 Å². The van der Waals surface area contributed by atoms with Gasteiger partial charge in [-0.15, -0.1) is 0 Å². The van der Waals surface area contributed by atoms with Crippen LogP contribution in [0.15, 0.2) is 69.6 Å². The van der Waals surface area contributed by atoms with Gasteiger partial charge in [0, 0.05) is 20.6 Å². The van der Waals surface area contributed by atoms with Crippen molar-refractivity contribution in [3.63, 3.8) is 0 Å². The lowest BCUT2D eigenvalue weighted by Gasteiger charge is -2.25. The SMILES string of the molecule is CCOC(=O)C1=C(C)N=c2s/c(=C/c3cc(C)n(-c4ccc(I)cc4)c3C)c(=O)n2[C@@H]1c1ccc(OCC(=O)OC)c(OCC)c1. The van der Waals surface area contributed by atoms with Gasteiger partial charge in [0.25, 0.3) is 5.56 Å².